The van der Waals surface area contributed by atoms with E-state index in [9.17, 15) is 4.79 Å². The molecular formula is C11H9BrN2O4. The van der Waals surface area contributed by atoms with Crippen molar-refractivity contribution in [2.24, 2.45) is 0 Å². The van der Waals surface area contributed by atoms with Crippen molar-refractivity contribution in [3.8, 4) is 5.75 Å². The summed E-state index contributed by atoms with van der Waals surface area (Å²) in [6.45, 7) is 1.76. The van der Waals surface area contributed by atoms with Gasteiger partial charge in [0.05, 0.1) is 10.0 Å². The standard InChI is InChI=1S/C11H9BrN2O4/c1-6-13-14-10(18-6)5-17-9-4-7(11(15)16)2-3-8(9)12/h2-4H,5H2,1H3,(H,15,16). The van der Waals surface area contributed by atoms with Crippen LogP contribution >= 0.6 is 15.9 Å². The van der Waals surface area contributed by atoms with E-state index in [4.69, 9.17) is 14.3 Å². The number of aromatic carboxylic acids is 1. The smallest absolute Gasteiger partial charge is 0.335 e. The first-order valence-electron chi connectivity index (χ1n) is 5.01. The number of ether oxygens (including phenoxy) is 1. The molecule has 0 saturated heterocycles. The van der Waals surface area contributed by atoms with Gasteiger partial charge in [0.2, 0.25) is 5.89 Å². The van der Waals surface area contributed by atoms with Crippen LogP contribution in [0.3, 0.4) is 0 Å². The van der Waals surface area contributed by atoms with E-state index in [1.807, 2.05) is 0 Å². The zero-order valence-corrected chi connectivity index (χ0v) is 11.0. The van der Waals surface area contributed by atoms with Crippen LogP contribution in [-0.4, -0.2) is 21.3 Å². The Morgan fingerprint density at radius 2 is 2.28 bits per heavy atom. The summed E-state index contributed by atoms with van der Waals surface area (Å²) < 4.78 is 11.2. The first-order chi connectivity index (χ1) is 8.56. The Hall–Kier alpha value is -1.89. The molecule has 1 heterocycles. The quantitative estimate of drug-likeness (QED) is 0.933. The number of aryl methyl sites for hydroxylation is 1. The molecule has 2 aromatic rings. The third kappa shape index (κ3) is 2.86. The second-order valence-electron chi connectivity index (χ2n) is 3.45. The Morgan fingerprint density at radius 3 is 2.89 bits per heavy atom. The van der Waals surface area contributed by atoms with Crippen LogP contribution in [0.15, 0.2) is 27.1 Å². The van der Waals surface area contributed by atoms with Crippen molar-refractivity contribution in [3.63, 3.8) is 0 Å². The molecule has 0 unspecified atom stereocenters. The van der Waals surface area contributed by atoms with Gasteiger partial charge in [-0.15, -0.1) is 10.2 Å². The van der Waals surface area contributed by atoms with Crippen molar-refractivity contribution < 1.29 is 19.1 Å². The lowest BCUT2D eigenvalue weighted by Crippen LogP contribution is -2.00. The fourth-order valence-electron chi connectivity index (χ4n) is 1.28. The number of aromatic nitrogens is 2. The van der Waals surface area contributed by atoms with Crippen LogP contribution in [0.1, 0.15) is 22.1 Å². The van der Waals surface area contributed by atoms with Gasteiger partial charge in [-0.1, -0.05) is 0 Å². The number of carboxylic acid groups (broad SMARTS) is 1. The largest absolute Gasteiger partial charge is 0.483 e. The maximum atomic E-state index is 10.8. The van der Waals surface area contributed by atoms with Crippen molar-refractivity contribution in [3.05, 3.63) is 40.0 Å². The van der Waals surface area contributed by atoms with Gasteiger partial charge >= 0.3 is 5.97 Å². The maximum absolute atomic E-state index is 10.8. The van der Waals surface area contributed by atoms with Gasteiger partial charge in [0.1, 0.15) is 5.75 Å². The molecule has 2 rings (SSSR count). The molecule has 0 aliphatic heterocycles. The SMILES string of the molecule is Cc1nnc(COc2cc(C(=O)O)ccc2Br)o1. The lowest BCUT2D eigenvalue weighted by atomic mass is 10.2. The molecule has 94 valence electrons. The average molecular weight is 313 g/mol. The van der Waals surface area contributed by atoms with E-state index in [1.54, 1.807) is 13.0 Å². The zero-order valence-electron chi connectivity index (χ0n) is 9.38. The molecule has 18 heavy (non-hydrogen) atoms. The number of rotatable bonds is 4. The highest BCUT2D eigenvalue weighted by molar-refractivity contribution is 9.10. The minimum Gasteiger partial charge on any atom is -0.483 e. The predicted molar refractivity (Wildman–Crippen MR) is 64.5 cm³/mol. The lowest BCUT2D eigenvalue weighted by Gasteiger charge is -2.06. The Balaban J connectivity index is 2.13. The highest BCUT2D eigenvalue weighted by Crippen LogP contribution is 2.26. The molecule has 0 aliphatic carbocycles. The zero-order chi connectivity index (χ0) is 13.1. The van der Waals surface area contributed by atoms with E-state index in [-0.39, 0.29) is 12.2 Å². The first-order valence-corrected chi connectivity index (χ1v) is 5.80. The number of carboxylic acids is 1. The van der Waals surface area contributed by atoms with Crippen LogP contribution in [0.5, 0.6) is 5.75 Å². The Kier molecular flexibility index (Phi) is 3.61. The topological polar surface area (TPSA) is 85.5 Å². The lowest BCUT2D eigenvalue weighted by molar-refractivity contribution is 0.0696. The van der Waals surface area contributed by atoms with E-state index in [0.29, 0.717) is 22.0 Å². The van der Waals surface area contributed by atoms with Gasteiger partial charge in [-0.25, -0.2) is 4.79 Å². The number of hydrogen-bond donors (Lipinski definition) is 1. The molecule has 0 fully saturated rings. The summed E-state index contributed by atoms with van der Waals surface area (Å²) in [7, 11) is 0. The minimum absolute atomic E-state index is 0.0858. The summed E-state index contributed by atoms with van der Waals surface area (Å²) in [6, 6.07) is 4.52. The highest BCUT2D eigenvalue weighted by Gasteiger charge is 2.10. The van der Waals surface area contributed by atoms with Crippen molar-refractivity contribution in [1.29, 1.82) is 0 Å². The molecule has 0 radical (unpaired) electrons. The van der Waals surface area contributed by atoms with Gasteiger partial charge in [-0.05, 0) is 34.1 Å². The molecule has 0 atom stereocenters. The van der Waals surface area contributed by atoms with Crippen LogP contribution in [-0.2, 0) is 6.61 Å². The molecule has 1 N–H and O–H groups in total. The number of benzene rings is 1. The molecule has 7 heteroatoms. The molecule has 0 bridgehead atoms. The fraction of sp³-hybridized carbons (Fsp3) is 0.182. The van der Waals surface area contributed by atoms with Gasteiger partial charge < -0.3 is 14.3 Å². The van der Waals surface area contributed by atoms with Gasteiger partial charge in [-0.2, -0.15) is 0 Å². The number of nitrogens with zero attached hydrogens (tertiary/aromatic N) is 2. The second-order valence-corrected chi connectivity index (χ2v) is 4.31. The Labute approximate surface area is 111 Å². The normalized spacial score (nSPS) is 10.3. The van der Waals surface area contributed by atoms with Gasteiger partial charge in [0.25, 0.3) is 5.89 Å². The summed E-state index contributed by atoms with van der Waals surface area (Å²) in [4.78, 5) is 10.8. The molecule has 6 nitrogen and oxygen atoms in total. The van der Waals surface area contributed by atoms with Crippen LogP contribution in [0.25, 0.3) is 0 Å². The van der Waals surface area contributed by atoms with Gasteiger partial charge in [0, 0.05) is 6.92 Å². The minimum atomic E-state index is -1.01. The molecule has 1 aromatic carbocycles. The first kappa shape index (κ1) is 12.6. The fourth-order valence-corrected chi connectivity index (χ4v) is 1.64. The van der Waals surface area contributed by atoms with Crippen molar-refractivity contribution in [1.82, 2.24) is 10.2 Å². The van der Waals surface area contributed by atoms with Crippen LogP contribution in [0.2, 0.25) is 0 Å². The Morgan fingerprint density at radius 1 is 1.50 bits per heavy atom. The average Bonchev–Trinajstić information content (AvgIpc) is 2.74. The summed E-state index contributed by atoms with van der Waals surface area (Å²) in [5, 5.41) is 16.3. The summed E-state index contributed by atoms with van der Waals surface area (Å²) in [6.07, 6.45) is 0. The molecule has 0 aliphatic rings. The third-order valence-electron chi connectivity index (χ3n) is 2.10. The second kappa shape index (κ2) is 5.18. The van der Waals surface area contributed by atoms with E-state index in [0.717, 1.165) is 0 Å². The van der Waals surface area contributed by atoms with Crippen molar-refractivity contribution in [2.45, 2.75) is 13.5 Å². The van der Waals surface area contributed by atoms with Crippen molar-refractivity contribution >= 4 is 21.9 Å². The van der Waals surface area contributed by atoms with Crippen LogP contribution in [0, 0.1) is 6.92 Å². The highest BCUT2D eigenvalue weighted by atomic mass is 79.9. The van der Waals surface area contributed by atoms with Gasteiger partial charge in [0.15, 0.2) is 6.61 Å². The summed E-state index contributed by atoms with van der Waals surface area (Å²) in [5.74, 6) is 0.179. The van der Waals surface area contributed by atoms with E-state index < -0.39 is 5.97 Å². The van der Waals surface area contributed by atoms with E-state index in [2.05, 4.69) is 26.1 Å². The number of halogens is 1. The molecule has 0 saturated carbocycles. The molecule has 1 aromatic heterocycles. The molecular weight excluding hydrogens is 304 g/mol. The third-order valence-corrected chi connectivity index (χ3v) is 2.75. The summed E-state index contributed by atoms with van der Waals surface area (Å²) in [5.41, 5.74) is 0.148. The monoisotopic (exact) mass is 312 g/mol. The number of hydrogen-bond acceptors (Lipinski definition) is 5. The van der Waals surface area contributed by atoms with Crippen molar-refractivity contribution in [2.75, 3.05) is 0 Å². The number of carbonyl (C=O) groups is 1. The van der Waals surface area contributed by atoms with E-state index >= 15 is 0 Å². The molecule has 0 spiro atoms. The van der Waals surface area contributed by atoms with Gasteiger partial charge in [-0.3, -0.25) is 0 Å². The summed E-state index contributed by atoms with van der Waals surface area (Å²) >= 11 is 3.27. The predicted octanol–water partition coefficient (Wildman–Crippen LogP) is 2.42. The van der Waals surface area contributed by atoms with Crippen LogP contribution in [0.4, 0.5) is 0 Å². The van der Waals surface area contributed by atoms with Crippen LogP contribution < -0.4 is 4.74 Å². The Bertz CT molecular complexity index is 582. The molecule has 0 amide bonds. The maximum Gasteiger partial charge on any atom is 0.335 e. The van der Waals surface area contributed by atoms with E-state index in [1.165, 1.54) is 12.1 Å².